The first-order valence-electron chi connectivity index (χ1n) is 5.89. The quantitative estimate of drug-likeness (QED) is 0.863. The molecule has 0 atom stereocenters. The molecule has 116 valence electrons. The van der Waals surface area contributed by atoms with Crippen LogP contribution in [0.3, 0.4) is 0 Å². The number of carbonyl (C=O) groups is 1. The molecule has 0 aliphatic heterocycles. The number of rotatable bonds is 5. The second kappa shape index (κ2) is 6.20. The van der Waals surface area contributed by atoms with Gasteiger partial charge in [0, 0.05) is 6.07 Å². The molecular formula is C13H11ClN2O5S. The third-order valence-corrected chi connectivity index (χ3v) is 4.53. The Morgan fingerprint density at radius 3 is 2.59 bits per heavy atom. The zero-order valence-electron chi connectivity index (χ0n) is 11.3. The van der Waals surface area contributed by atoms with Gasteiger partial charge in [0.2, 0.25) is 5.88 Å². The number of anilines is 1. The standard InChI is InChI=1S/C13H11ClN2O5S/c1-21-12-5-3-9(7-15-12)16-22(19,20)11-6-8(13(17)18)2-4-10(11)14/h2-7,16H,1H3,(H,17,18). The van der Waals surface area contributed by atoms with E-state index in [0.29, 0.717) is 5.88 Å². The van der Waals surface area contributed by atoms with Gasteiger partial charge >= 0.3 is 5.97 Å². The van der Waals surface area contributed by atoms with Gasteiger partial charge in [0.15, 0.2) is 0 Å². The average molecular weight is 343 g/mol. The lowest BCUT2D eigenvalue weighted by atomic mass is 10.2. The Labute approximate surface area is 131 Å². The Kier molecular flexibility index (Phi) is 4.53. The van der Waals surface area contributed by atoms with Gasteiger partial charge in [-0.25, -0.2) is 18.2 Å². The summed E-state index contributed by atoms with van der Waals surface area (Å²) in [7, 11) is -2.61. The van der Waals surface area contributed by atoms with Crippen molar-refractivity contribution in [2.45, 2.75) is 4.90 Å². The van der Waals surface area contributed by atoms with Crippen molar-refractivity contribution < 1.29 is 23.1 Å². The van der Waals surface area contributed by atoms with Crippen molar-refractivity contribution in [1.82, 2.24) is 4.98 Å². The number of nitrogens with one attached hydrogen (secondary N) is 1. The molecule has 0 saturated heterocycles. The normalized spacial score (nSPS) is 11.0. The summed E-state index contributed by atoms with van der Waals surface area (Å²) in [6.45, 7) is 0. The SMILES string of the molecule is COc1ccc(NS(=O)(=O)c2cc(C(=O)O)ccc2Cl)cn1. The monoisotopic (exact) mass is 342 g/mol. The van der Waals surface area contributed by atoms with Gasteiger partial charge in [0.05, 0.1) is 29.6 Å². The topological polar surface area (TPSA) is 106 Å². The van der Waals surface area contributed by atoms with Crippen LogP contribution in [0.5, 0.6) is 5.88 Å². The van der Waals surface area contributed by atoms with Crippen LogP contribution in [0.25, 0.3) is 0 Å². The molecule has 1 heterocycles. The number of aromatic carboxylic acids is 1. The zero-order valence-corrected chi connectivity index (χ0v) is 12.9. The highest BCUT2D eigenvalue weighted by molar-refractivity contribution is 7.92. The van der Waals surface area contributed by atoms with E-state index >= 15 is 0 Å². The number of benzene rings is 1. The van der Waals surface area contributed by atoms with Crippen LogP contribution in [-0.4, -0.2) is 31.6 Å². The van der Waals surface area contributed by atoms with Crippen molar-refractivity contribution in [3.8, 4) is 5.88 Å². The number of hydrogen-bond donors (Lipinski definition) is 2. The number of ether oxygens (including phenoxy) is 1. The number of carboxylic acids is 1. The third kappa shape index (κ3) is 3.46. The predicted octanol–water partition coefficient (Wildman–Crippen LogP) is 2.24. The van der Waals surface area contributed by atoms with Crippen LogP contribution in [0.2, 0.25) is 5.02 Å². The molecule has 1 aromatic heterocycles. The minimum atomic E-state index is -4.05. The first-order valence-corrected chi connectivity index (χ1v) is 7.75. The van der Waals surface area contributed by atoms with Gasteiger partial charge in [-0.05, 0) is 24.3 Å². The van der Waals surface area contributed by atoms with Crippen molar-refractivity contribution in [3.05, 3.63) is 47.1 Å². The molecule has 2 aromatic rings. The smallest absolute Gasteiger partial charge is 0.335 e. The Balaban J connectivity index is 2.37. The number of nitrogens with zero attached hydrogens (tertiary/aromatic N) is 1. The minimum Gasteiger partial charge on any atom is -0.481 e. The van der Waals surface area contributed by atoms with E-state index in [4.69, 9.17) is 21.4 Å². The minimum absolute atomic E-state index is 0.0843. The molecule has 2 rings (SSSR count). The Morgan fingerprint density at radius 2 is 2.05 bits per heavy atom. The molecule has 0 aliphatic rings. The van der Waals surface area contributed by atoms with Crippen LogP contribution in [0.15, 0.2) is 41.4 Å². The summed E-state index contributed by atoms with van der Waals surface area (Å²) in [4.78, 5) is 14.5. The molecule has 0 saturated carbocycles. The number of aromatic nitrogens is 1. The Morgan fingerprint density at radius 1 is 1.32 bits per heavy atom. The summed E-state index contributed by atoms with van der Waals surface area (Å²) >= 11 is 5.85. The molecule has 0 unspecified atom stereocenters. The third-order valence-electron chi connectivity index (χ3n) is 2.67. The fourth-order valence-corrected chi connectivity index (χ4v) is 3.18. The predicted molar refractivity (Wildman–Crippen MR) is 80.0 cm³/mol. The van der Waals surface area contributed by atoms with Crippen molar-refractivity contribution >= 4 is 33.3 Å². The molecule has 0 radical (unpaired) electrons. The lowest BCUT2D eigenvalue weighted by molar-refractivity contribution is 0.0696. The highest BCUT2D eigenvalue weighted by atomic mass is 35.5. The maximum atomic E-state index is 12.3. The van der Waals surface area contributed by atoms with E-state index in [0.717, 1.165) is 6.07 Å². The Hall–Kier alpha value is -2.32. The van der Waals surface area contributed by atoms with Crippen molar-refractivity contribution in [3.63, 3.8) is 0 Å². The second-order valence-electron chi connectivity index (χ2n) is 4.15. The molecule has 2 N–H and O–H groups in total. The summed E-state index contributed by atoms with van der Waals surface area (Å²) in [6, 6.07) is 6.36. The number of carboxylic acid groups (broad SMARTS) is 1. The zero-order chi connectivity index (χ0) is 16.3. The molecule has 0 amide bonds. The van der Waals surface area contributed by atoms with Gasteiger partial charge in [-0.3, -0.25) is 4.72 Å². The van der Waals surface area contributed by atoms with E-state index in [1.165, 1.54) is 37.6 Å². The molecular weight excluding hydrogens is 332 g/mol. The number of sulfonamides is 1. The number of methoxy groups -OCH3 is 1. The highest BCUT2D eigenvalue weighted by Crippen LogP contribution is 2.25. The fraction of sp³-hybridized carbons (Fsp3) is 0.0769. The van der Waals surface area contributed by atoms with Gasteiger partial charge in [0.1, 0.15) is 4.90 Å². The van der Waals surface area contributed by atoms with Gasteiger partial charge in [-0.15, -0.1) is 0 Å². The maximum absolute atomic E-state index is 12.3. The van der Waals surface area contributed by atoms with E-state index < -0.39 is 16.0 Å². The van der Waals surface area contributed by atoms with Gasteiger partial charge in [-0.2, -0.15) is 0 Å². The fourth-order valence-electron chi connectivity index (χ4n) is 1.61. The van der Waals surface area contributed by atoms with Gasteiger partial charge in [0.25, 0.3) is 10.0 Å². The molecule has 0 bridgehead atoms. The molecule has 0 fully saturated rings. The first-order chi connectivity index (χ1) is 10.3. The average Bonchev–Trinajstić information content (AvgIpc) is 2.47. The largest absolute Gasteiger partial charge is 0.481 e. The van der Waals surface area contributed by atoms with E-state index in [-0.39, 0.29) is 21.2 Å². The van der Waals surface area contributed by atoms with Crippen LogP contribution >= 0.6 is 11.6 Å². The molecule has 0 aliphatic carbocycles. The number of halogens is 1. The van der Waals surface area contributed by atoms with Crippen molar-refractivity contribution in [1.29, 1.82) is 0 Å². The molecule has 1 aromatic carbocycles. The van der Waals surface area contributed by atoms with Crippen LogP contribution in [0.4, 0.5) is 5.69 Å². The lowest BCUT2D eigenvalue weighted by Gasteiger charge is -2.10. The van der Waals surface area contributed by atoms with Crippen LogP contribution in [0, 0.1) is 0 Å². The van der Waals surface area contributed by atoms with Crippen molar-refractivity contribution in [2.75, 3.05) is 11.8 Å². The number of hydrogen-bond acceptors (Lipinski definition) is 5. The van der Waals surface area contributed by atoms with Gasteiger partial charge < -0.3 is 9.84 Å². The maximum Gasteiger partial charge on any atom is 0.335 e. The highest BCUT2D eigenvalue weighted by Gasteiger charge is 2.20. The summed E-state index contributed by atoms with van der Waals surface area (Å²) in [5.41, 5.74) is 0.00947. The first kappa shape index (κ1) is 16.1. The van der Waals surface area contributed by atoms with Crippen molar-refractivity contribution in [2.24, 2.45) is 0 Å². The number of pyridine rings is 1. The molecule has 22 heavy (non-hydrogen) atoms. The Bertz CT molecular complexity index is 806. The second-order valence-corrected chi connectivity index (χ2v) is 6.20. The molecule has 9 heteroatoms. The summed E-state index contributed by atoms with van der Waals surface area (Å²) < 4.78 is 31.7. The molecule has 0 spiro atoms. The lowest BCUT2D eigenvalue weighted by Crippen LogP contribution is -2.14. The van der Waals surface area contributed by atoms with E-state index in [9.17, 15) is 13.2 Å². The van der Waals surface area contributed by atoms with Crippen LogP contribution < -0.4 is 9.46 Å². The molecule has 7 nitrogen and oxygen atoms in total. The van der Waals surface area contributed by atoms with E-state index in [1.807, 2.05) is 0 Å². The van der Waals surface area contributed by atoms with Crippen LogP contribution in [0.1, 0.15) is 10.4 Å². The van der Waals surface area contributed by atoms with Gasteiger partial charge in [-0.1, -0.05) is 11.6 Å². The van der Waals surface area contributed by atoms with Crippen LogP contribution in [-0.2, 0) is 10.0 Å². The van der Waals surface area contributed by atoms with E-state index in [1.54, 1.807) is 0 Å². The summed E-state index contributed by atoms with van der Waals surface area (Å²) in [6.07, 6.45) is 1.27. The van der Waals surface area contributed by atoms with E-state index in [2.05, 4.69) is 9.71 Å². The summed E-state index contributed by atoms with van der Waals surface area (Å²) in [5, 5.41) is 8.85. The summed E-state index contributed by atoms with van der Waals surface area (Å²) in [5.74, 6) is -0.923.